The lowest BCUT2D eigenvalue weighted by Gasteiger charge is -2.34. The minimum atomic E-state index is -0.534. The van der Waals surface area contributed by atoms with Crippen molar-refractivity contribution in [1.82, 2.24) is 10.2 Å². The van der Waals surface area contributed by atoms with E-state index in [4.69, 9.17) is 9.47 Å². The van der Waals surface area contributed by atoms with Gasteiger partial charge in [0.2, 0.25) is 0 Å². The third-order valence-corrected chi connectivity index (χ3v) is 5.82. The summed E-state index contributed by atoms with van der Waals surface area (Å²) in [5.41, 5.74) is 2.17. The van der Waals surface area contributed by atoms with Crippen molar-refractivity contribution in [3.05, 3.63) is 58.6 Å². The number of hydrogen-bond donors (Lipinski definition) is 1. The molecule has 0 radical (unpaired) electrons. The fraction of sp³-hybridized carbons (Fsp3) is 0.333. The molecule has 3 rings (SSSR count). The third-order valence-electron chi connectivity index (χ3n) is 4.62. The zero-order valence-corrected chi connectivity index (χ0v) is 17.0. The van der Waals surface area contributed by atoms with Crippen molar-refractivity contribution in [3.8, 4) is 10.4 Å². The predicted molar refractivity (Wildman–Crippen MR) is 109 cm³/mol. The minimum Gasteiger partial charge on any atom is -0.460 e. The quantitative estimate of drug-likeness (QED) is 0.564. The lowest BCUT2D eigenvalue weighted by atomic mass is 10.0. The van der Waals surface area contributed by atoms with Crippen LogP contribution in [-0.4, -0.2) is 43.8 Å². The van der Waals surface area contributed by atoms with E-state index >= 15 is 0 Å². The molecule has 0 saturated carbocycles. The first-order valence-corrected chi connectivity index (χ1v) is 9.98. The molecule has 28 heavy (non-hydrogen) atoms. The molecule has 0 saturated heterocycles. The summed E-state index contributed by atoms with van der Waals surface area (Å²) in [4.78, 5) is 28.9. The highest BCUT2D eigenvalue weighted by molar-refractivity contribution is 7.15. The van der Waals surface area contributed by atoms with E-state index in [9.17, 15) is 9.59 Å². The van der Waals surface area contributed by atoms with E-state index in [1.54, 1.807) is 30.3 Å². The number of thiophene rings is 1. The Hall–Kier alpha value is -2.64. The molecule has 6 nitrogen and oxygen atoms in total. The van der Waals surface area contributed by atoms with E-state index in [1.165, 1.54) is 0 Å². The van der Waals surface area contributed by atoms with Crippen molar-refractivity contribution in [3.63, 3.8) is 0 Å². The van der Waals surface area contributed by atoms with Gasteiger partial charge in [-0.15, -0.1) is 11.3 Å². The summed E-state index contributed by atoms with van der Waals surface area (Å²) in [5, 5.41) is 2.96. The van der Waals surface area contributed by atoms with Gasteiger partial charge in [-0.3, -0.25) is 4.90 Å². The fourth-order valence-electron chi connectivity index (χ4n) is 3.20. The summed E-state index contributed by atoms with van der Waals surface area (Å²) in [7, 11) is 1.55. The van der Waals surface area contributed by atoms with Gasteiger partial charge in [-0.2, -0.15) is 0 Å². The molecule has 0 unspecified atom stereocenters. The summed E-state index contributed by atoms with van der Waals surface area (Å²) in [5.74, 6) is -0.437. The van der Waals surface area contributed by atoms with E-state index in [0.717, 1.165) is 15.3 Å². The fourth-order valence-corrected chi connectivity index (χ4v) is 4.28. The van der Waals surface area contributed by atoms with Crippen molar-refractivity contribution in [2.24, 2.45) is 0 Å². The number of nitrogens with zero attached hydrogens (tertiary/aromatic N) is 1. The molecular weight excluding hydrogens is 376 g/mol. The first-order chi connectivity index (χ1) is 13.6. The lowest BCUT2D eigenvalue weighted by Crippen LogP contribution is -2.47. The van der Waals surface area contributed by atoms with Crippen molar-refractivity contribution in [2.75, 3.05) is 26.9 Å². The number of nitrogens with one attached hydrogen (secondary N) is 1. The van der Waals surface area contributed by atoms with Crippen LogP contribution in [0.1, 0.15) is 24.8 Å². The van der Waals surface area contributed by atoms with Crippen LogP contribution >= 0.6 is 11.3 Å². The lowest BCUT2D eigenvalue weighted by molar-refractivity contribution is -0.140. The van der Waals surface area contributed by atoms with Gasteiger partial charge in [0.05, 0.1) is 18.2 Å². The maximum atomic E-state index is 12.8. The van der Waals surface area contributed by atoms with E-state index in [0.29, 0.717) is 24.4 Å². The Morgan fingerprint density at radius 3 is 2.61 bits per heavy atom. The standard InChI is InChI=1S/C21H24N2O4S/c1-4-23-14(2)18(20(24)27-13-12-26-3)19(22-21(23)25)17-11-10-16(28-17)15-8-6-5-7-9-15/h5-11,19H,4,12-13H2,1-3H3,(H,22,25)/t19-/m1/s1. The number of ether oxygens (including phenoxy) is 2. The molecule has 2 amide bonds. The van der Waals surface area contributed by atoms with Crippen molar-refractivity contribution in [1.29, 1.82) is 0 Å². The van der Waals surface area contributed by atoms with Crippen LogP contribution in [0.4, 0.5) is 4.79 Å². The van der Waals surface area contributed by atoms with Crippen LogP contribution in [0.25, 0.3) is 10.4 Å². The normalized spacial score (nSPS) is 16.9. The second-order valence-corrected chi connectivity index (χ2v) is 7.44. The van der Waals surface area contributed by atoms with Crippen LogP contribution in [0, 0.1) is 0 Å². The van der Waals surface area contributed by atoms with Crippen LogP contribution in [-0.2, 0) is 14.3 Å². The number of carbonyl (C=O) groups is 2. The monoisotopic (exact) mass is 400 g/mol. The smallest absolute Gasteiger partial charge is 0.338 e. The SMILES string of the molecule is CCN1C(=O)N[C@H](c2ccc(-c3ccccc3)s2)C(C(=O)OCCOC)=C1C. The van der Waals surface area contributed by atoms with Crippen LogP contribution in [0.3, 0.4) is 0 Å². The Bertz CT molecular complexity index is 876. The van der Waals surface area contributed by atoms with Crippen LogP contribution < -0.4 is 5.32 Å². The zero-order valence-electron chi connectivity index (χ0n) is 16.2. The molecule has 1 aromatic heterocycles. The third kappa shape index (κ3) is 4.10. The number of methoxy groups -OCH3 is 1. The van der Waals surface area contributed by atoms with Gasteiger partial charge in [-0.05, 0) is 31.5 Å². The van der Waals surface area contributed by atoms with Crippen LogP contribution in [0.5, 0.6) is 0 Å². The molecule has 0 aliphatic carbocycles. The molecule has 2 heterocycles. The number of esters is 1. The topological polar surface area (TPSA) is 67.9 Å². The van der Waals surface area contributed by atoms with Gasteiger partial charge < -0.3 is 14.8 Å². The minimum absolute atomic E-state index is 0.165. The van der Waals surface area contributed by atoms with E-state index < -0.39 is 12.0 Å². The highest BCUT2D eigenvalue weighted by Crippen LogP contribution is 2.37. The average Bonchev–Trinajstić information content (AvgIpc) is 3.19. The molecule has 1 aliphatic rings. The van der Waals surface area contributed by atoms with Crippen molar-refractivity contribution < 1.29 is 19.1 Å². The molecule has 0 spiro atoms. The Labute approximate surface area is 168 Å². The second-order valence-electron chi connectivity index (χ2n) is 6.32. The Kier molecular flexibility index (Phi) is 6.49. The molecule has 1 atom stereocenters. The number of allylic oxidation sites excluding steroid dienone is 1. The highest BCUT2D eigenvalue weighted by Gasteiger charge is 2.36. The van der Waals surface area contributed by atoms with Crippen LogP contribution in [0.2, 0.25) is 0 Å². The number of hydrogen-bond acceptors (Lipinski definition) is 5. The Balaban J connectivity index is 1.95. The van der Waals surface area contributed by atoms with Gasteiger partial charge in [0.25, 0.3) is 0 Å². The van der Waals surface area contributed by atoms with Gasteiger partial charge in [-0.25, -0.2) is 9.59 Å². The van der Waals surface area contributed by atoms with Gasteiger partial charge in [-0.1, -0.05) is 30.3 Å². The van der Waals surface area contributed by atoms with Gasteiger partial charge in [0, 0.05) is 29.1 Å². The maximum Gasteiger partial charge on any atom is 0.338 e. The first-order valence-electron chi connectivity index (χ1n) is 9.16. The van der Waals surface area contributed by atoms with Crippen LogP contribution in [0.15, 0.2) is 53.7 Å². The molecule has 1 aromatic carbocycles. The number of amides is 2. The highest BCUT2D eigenvalue weighted by atomic mass is 32.1. The van der Waals surface area contributed by atoms with Gasteiger partial charge in [0.1, 0.15) is 6.61 Å². The largest absolute Gasteiger partial charge is 0.460 e. The Morgan fingerprint density at radius 2 is 1.93 bits per heavy atom. The molecule has 148 valence electrons. The van der Waals surface area contributed by atoms with Gasteiger partial charge >= 0.3 is 12.0 Å². The predicted octanol–water partition coefficient (Wildman–Crippen LogP) is 3.96. The van der Waals surface area contributed by atoms with E-state index in [2.05, 4.69) is 5.32 Å². The zero-order chi connectivity index (χ0) is 20.1. The van der Waals surface area contributed by atoms with Crippen molar-refractivity contribution in [2.45, 2.75) is 19.9 Å². The molecule has 1 N–H and O–H groups in total. The molecule has 0 fully saturated rings. The van der Waals surface area contributed by atoms with Gasteiger partial charge in [0.15, 0.2) is 0 Å². The summed E-state index contributed by atoms with van der Waals surface area (Å²) in [6, 6.07) is 13.2. The second kappa shape index (κ2) is 9.03. The number of rotatable bonds is 7. The molecule has 7 heteroatoms. The van der Waals surface area contributed by atoms with Crippen molar-refractivity contribution >= 4 is 23.3 Å². The molecule has 0 bridgehead atoms. The molecule has 2 aromatic rings. The summed E-state index contributed by atoms with van der Waals surface area (Å²) in [6.45, 7) is 4.62. The first kappa shape index (κ1) is 20.1. The Morgan fingerprint density at radius 1 is 1.18 bits per heavy atom. The molecular formula is C21H24N2O4S. The van der Waals surface area contributed by atoms with E-state index in [-0.39, 0.29) is 12.6 Å². The summed E-state index contributed by atoms with van der Waals surface area (Å²) in [6.07, 6.45) is 0. The number of urea groups is 1. The number of benzene rings is 1. The average molecular weight is 401 g/mol. The molecule has 1 aliphatic heterocycles. The summed E-state index contributed by atoms with van der Waals surface area (Å²) >= 11 is 1.56. The summed E-state index contributed by atoms with van der Waals surface area (Å²) < 4.78 is 10.3. The number of carbonyl (C=O) groups excluding carboxylic acids is 2. The van der Waals surface area contributed by atoms with E-state index in [1.807, 2.05) is 49.4 Å². The maximum absolute atomic E-state index is 12.8.